The van der Waals surface area contributed by atoms with E-state index in [9.17, 15) is 4.79 Å². The van der Waals surface area contributed by atoms with Crippen LogP contribution in [0.25, 0.3) is 0 Å². The first-order chi connectivity index (χ1) is 10.0. The third-order valence-electron chi connectivity index (χ3n) is 3.67. The highest BCUT2D eigenvalue weighted by atomic mass is 16.1. The fraction of sp³-hybridized carbons (Fsp3) is 0.867. The Balaban J connectivity index is 2.53. The van der Waals surface area contributed by atoms with Crippen LogP contribution in [-0.4, -0.2) is 68.5 Å². The van der Waals surface area contributed by atoms with Crippen molar-refractivity contribution in [1.82, 2.24) is 15.1 Å². The van der Waals surface area contributed by atoms with Crippen molar-refractivity contribution < 1.29 is 4.79 Å². The van der Waals surface area contributed by atoms with Gasteiger partial charge in [-0.05, 0) is 52.7 Å². The predicted molar refractivity (Wildman–Crippen MR) is 87.3 cm³/mol. The first kappa shape index (κ1) is 17.8. The van der Waals surface area contributed by atoms with Gasteiger partial charge in [-0.15, -0.1) is 0 Å². The van der Waals surface area contributed by atoms with Crippen LogP contribution < -0.4 is 11.1 Å². The first-order valence-corrected chi connectivity index (χ1v) is 7.99. The van der Waals surface area contributed by atoms with Crippen molar-refractivity contribution in [2.45, 2.75) is 32.6 Å². The van der Waals surface area contributed by atoms with Crippen LogP contribution >= 0.6 is 0 Å². The zero-order chi connectivity index (χ0) is 15.7. The Bertz CT molecular complexity index is 343. The fourth-order valence-electron chi connectivity index (χ4n) is 2.71. The number of guanidine groups is 1. The second-order valence-electron chi connectivity index (χ2n) is 6.02. The molecule has 0 radical (unpaired) electrons. The van der Waals surface area contributed by atoms with Crippen molar-refractivity contribution in [2.24, 2.45) is 16.6 Å². The van der Waals surface area contributed by atoms with Gasteiger partial charge in [0.15, 0.2) is 5.96 Å². The van der Waals surface area contributed by atoms with Gasteiger partial charge in [0, 0.05) is 32.6 Å². The molecule has 0 saturated carbocycles. The number of rotatable bonds is 7. The molecule has 1 atom stereocenters. The number of carbonyl (C=O) groups is 1. The quantitative estimate of drug-likeness (QED) is 0.407. The van der Waals surface area contributed by atoms with Crippen molar-refractivity contribution in [3.63, 3.8) is 0 Å². The van der Waals surface area contributed by atoms with Crippen molar-refractivity contribution in [1.29, 1.82) is 0 Å². The summed E-state index contributed by atoms with van der Waals surface area (Å²) in [6, 6.07) is 0. The molecule has 0 spiro atoms. The minimum absolute atomic E-state index is 0.199. The van der Waals surface area contributed by atoms with Crippen molar-refractivity contribution in [3.05, 3.63) is 0 Å². The summed E-state index contributed by atoms with van der Waals surface area (Å²) < 4.78 is 0. The summed E-state index contributed by atoms with van der Waals surface area (Å²) in [5.74, 6) is 1.14. The number of likely N-dealkylation sites (tertiary alicyclic amines) is 1. The third kappa shape index (κ3) is 7.32. The summed E-state index contributed by atoms with van der Waals surface area (Å²) in [6.07, 6.45) is 3.72. The molecule has 1 fully saturated rings. The van der Waals surface area contributed by atoms with E-state index in [2.05, 4.69) is 36.1 Å². The maximum absolute atomic E-state index is 11.1. The number of amides is 1. The average molecular weight is 297 g/mol. The van der Waals surface area contributed by atoms with Crippen LogP contribution in [-0.2, 0) is 4.79 Å². The van der Waals surface area contributed by atoms with Crippen molar-refractivity contribution in [2.75, 3.05) is 46.8 Å². The van der Waals surface area contributed by atoms with E-state index in [1.165, 1.54) is 0 Å². The number of nitrogens with one attached hydrogen (secondary N) is 1. The summed E-state index contributed by atoms with van der Waals surface area (Å²) in [4.78, 5) is 20.3. The van der Waals surface area contributed by atoms with Crippen molar-refractivity contribution in [3.8, 4) is 0 Å². The number of hydrogen-bond donors (Lipinski definition) is 2. The summed E-state index contributed by atoms with van der Waals surface area (Å²) >= 11 is 0. The molecule has 122 valence electrons. The maximum atomic E-state index is 11.1. The largest absolute Gasteiger partial charge is 0.370 e. The van der Waals surface area contributed by atoms with Crippen LogP contribution in [0.3, 0.4) is 0 Å². The lowest BCUT2D eigenvalue weighted by molar-refractivity contribution is -0.119. The number of carbonyl (C=O) groups excluding carboxylic acids is 1. The van der Waals surface area contributed by atoms with Gasteiger partial charge in [0.2, 0.25) is 5.91 Å². The SMILES string of the molecule is CCNC(=NCCCN(C)C)N1CCCC(CC(N)=O)C1. The third-order valence-corrected chi connectivity index (χ3v) is 3.67. The zero-order valence-corrected chi connectivity index (χ0v) is 13.8. The lowest BCUT2D eigenvalue weighted by Gasteiger charge is -2.34. The van der Waals surface area contributed by atoms with Crippen LogP contribution in [0.4, 0.5) is 0 Å². The first-order valence-electron chi connectivity index (χ1n) is 7.99. The van der Waals surface area contributed by atoms with Crippen LogP contribution in [0.15, 0.2) is 4.99 Å². The molecule has 0 aromatic carbocycles. The molecule has 21 heavy (non-hydrogen) atoms. The number of nitrogens with zero attached hydrogens (tertiary/aromatic N) is 3. The molecule has 1 heterocycles. The fourth-order valence-corrected chi connectivity index (χ4v) is 2.71. The topological polar surface area (TPSA) is 74.0 Å². The predicted octanol–water partition coefficient (Wildman–Crippen LogP) is 0.491. The highest BCUT2D eigenvalue weighted by molar-refractivity contribution is 5.80. The van der Waals surface area contributed by atoms with Gasteiger partial charge in [-0.1, -0.05) is 0 Å². The summed E-state index contributed by atoms with van der Waals surface area (Å²) in [6.45, 7) is 6.71. The molecule has 1 amide bonds. The summed E-state index contributed by atoms with van der Waals surface area (Å²) in [5, 5.41) is 3.36. The lowest BCUT2D eigenvalue weighted by atomic mass is 9.95. The van der Waals surface area contributed by atoms with Crippen LogP contribution in [0.5, 0.6) is 0 Å². The Hall–Kier alpha value is -1.30. The number of hydrogen-bond acceptors (Lipinski definition) is 3. The van der Waals surface area contributed by atoms with Gasteiger partial charge in [-0.3, -0.25) is 9.79 Å². The molecule has 0 aromatic rings. The van der Waals surface area contributed by atoms with E-state index >= 15 is 0 Å². The Kier molecular flexibility index (Phi) is 8.12. The van der Waals surface area contributed by atoms with Gasteiger partial charge < -0.3 is 20.9 Å². The molecule has 1 aliphatic rings. The molecule has 0 aromatic heterocycles. The lowest BCUT2D eigenvalue weighted by Crippen LogP contribution is -2.47. The monoisotopic (exact) mass is 297 g/mol. The van der Waals surface area contributed by atoms with E-state index in [0.29, 0.717) is 12.3 Å². The number of piperidine rings is 1. The molecule has 6 heteroatoms. The minimum Gasteiger partial charge on any atom is -0.370 e. The Morgan fingerprint density at radius 3 is 2.86 bits per heavy atom. The van der Waals surface area contributed by atoms with E-state index in [0.717, 1.165) is 57.9 Å². The van der Waals surface area contributed by atoms with Gasteiger partial charge in [-0.25, -0.2) is 0 Å². The molecule has 1 rings (SSSR count). The van der Waals surface area contributed by atoms with E-state index in [-0.39, 0.29) is 5.91 Å². The molecular weight excluding hydrogens is 266 g/mol. The second-order valence-corrected chi connectivity index (χ2v) is 6.02. The van der Waals surface area contributed by atoms with Crippen LogP contribution in [0.1, 0.15) is 32.6 Å². The number of nitrogens with two attached hydrogens (primary N) is 1. The van der Waals surface area contributed by atoms with Gasteiger partial charge in [0.05, 0.1) is 0 Å². The Morgan fingerprint density at radius 2 is 2.24 bits per heavy atom. The molecule has 1 saturated heterocycles. The van der Waals surface area contributed by atoms with Gasteiger partial charge >= 0.3 is 0 Å². The van der Waals surface area contributed by atoms with Gasteiger partial charge in [0.1, 0.15) is 0 Å². The molecule has 3 N–H and O–H groups in total. The smallest absolute Gasteiger partial charge is 0.217 e. The molecule has 0 aliphatic carbocycles. The standard InChI is InChI=1S/C15H31N5O/c1-4-17-15(18-8-6-9-19(2)3)20-10-5-7-13(12-20)11-14(16)21/h13H,4-12H2,1-3H3,(H2,16,21)(H,17,18). The van der Waals surface area contributed by atoms with E-state index in [4.69, 9.17) is 10.7 Å². The maximum Gasteiger partial charge on any atom is 0.217 e. The second kappa shape index (κ2) is 9.60. The normalized spacial score (nSPS) is 19.9. The molecular formula is C15H31N5O. The Labute approximate surface area is 128 Å². The van der Waals surface area contributed by atoms with Crippen molar-refractivity contribution >= 4 is 11.9 Å². The molecule has 1 aliphatic heterocycles. The number of primary amides is 1. The number of aliphatic imine (C=N–C) groups is 1. The van der Waals surface area contributed by atoms with E-state index < -0.39 is 0 Å². The molecule has 0 bridgehead atoms. The highest BCUT2D eigenvalue weighted by Gasteiger charge is 2.23. The molecule has 1 unspecified atom stereocenters. The summed E-state index contributed by atoms with van der Waals surface area (Å²) in [7, 11) is 4.15. The van der Waals surface area contributed by atoms with Gasteiger partial charge in [-0.2, -0.15) is 0 Å². The zero-order valence-electron chi connectivity index (χ0n) is 13.8. The Morgan fingerprint density at radius 1 is 1.48 bits per heavy atom. The summed E-state index contributed by atoms with van der Waals surface area (Å²) in [5.41, 5.74) is 5.32. The van der Waals surface area contributed by atoms with Crippen LogP contribution in [0, 0.1) is 5.92 Å². The highest BCUT2D eigenvalue weighted by Crippen LogP contribution is 2.19. The van der Waals surface area contributed by atoms with Crippen LogP contribution in [0.2, 0.25) is 0 Å². The average Bonchev–Trinajstić information content (AvgIpc) is 2.41. The molecule has 6 nitrogen and oxygen atoms in total. The van der Waals surface area contributed by atoms with E-state index in [1.807, 2.05) is 0 Å². The van der Waals surface area contributed by atoms with Gasteiger partial charge in [0.25, 0.3) is 0 Å². The van der Waals surface area contributed by atoms with E-state index in [1.54, 1.807) is 0 Å². The minimum atomic E-state index is -0.199.